The van der Waals surface area contributed by atoms with Crippen molar-refractivity contribution in [1.82, 2.24) is 9.97 Å². The molecule has 0 radical (unpaired) electrons. The molecule has 19 heavy (non-hydrogen) atoms. The molecular formula is C14H16N4O. The van der Waals surface area contributed by atoms with Crippen molar-refractivity contribution in [3.05, 3.63) is 47.3 Å². The second kappa shape index (κ2) is 5.48. The summed E-state index contributed by atoms with van der Waals surface area (Å²) in [6, 6.07) is 6.98. The number of carbonyl (C=O) groups is 1. The van der Waals surface area contributed by atoms with Crippen LogP contribution in [0.25, 0.3) is 0 Å². The van der Waals surface area contributed by atoms with E-state index in [1.54, 1.807) is 18.3 Å². The summed E-state index contributed by atoms with van der Waals surface area (Å²) in [6.45, 7) is 3.91. The average molecular weight is 256 g/mol. The van der Waals surface area contributed by atoms with Crippen LogP contribution in [0.4, 0.5) is 11.6 Å². The van der Waals surface area contributed by atoms with Crippen LogP contribution in [0.2, 0.25) is 0 Å². The van der Waals surface area contributed by atoms with Gasteiger partial charge in [0.1, 0.15) is 11.6 Å². The van der Waals surface area contributed by atoms with Crippen LogP contribution in [0.3, 0.4) is 0 Å². The van der Waals surface area contributed by atoms with Crippen molar-refractivity contribution >= 4 is 17.5 Å². The summed E-state index contributed by atoms with van der Waals surface area (Å²) in [5, 5.41) is 2.74. The van der Waals surface area contributed by atoms with Crippen molar-refractivity contribution < 1.29 is 4.79 Å². The van der Waals surface area contributed by atoms with E-state index in [9.17, 15) is 4.79 Å². The van der Waals surface area contributed by atoms with E-state index in [1.165, 1.54) is 0 Å². The molecule has 2 rings (SSSR count). The van der Waals surface area contributed by atoms with Gasteiger partial charge < -0.3 is 11.1 Å². The molecule has 2 aromatic rings. The van der Waals surface area contributed by atoms with Gasteiger partial charge in [-0.25, -0.2) is 9.97 Å². The lowest BCUT2D eigenvalue weighted by Crippen LogP contribution is -2.14. The minimum Gasteiger partial charge on any atom is -0.384 e. The number of anilines is 2. The molecule has 0 aliphatic carbocycles. The summed E-state index contributed by atoms with van der Waals surface area (Å²) in [7, 11) is 0. The predicted octanol–water partition coefficient (Wildman–Crippen LogP) is 2.18. The number of aryl methyl sites for hydroxylation is 2. The van der Waals surface area contributed by atoms with Gasteiger partial charge in [-0.05, 0) is 43.2 Å². The molecule has 0 spiro atoms. The molecule has 5 heteroatoms. The predicted molar refractivity (Wildman–Crippen MR) is 75.0 cm³/mol. The highest BCUT2D eigenvalue weighted by Crippen LogP contribution is 2.12. The highest BCUT2D eigenvalue weighted by atomic mass is 16.1. The lowest BCUT2D eigenvalue weighted by molar-refractivity contribution is 0.102. The smallest absolute Gasteiger partial charge is 0.257 e. The van der Waals surface area contributed by atoms with Gasteiger partial charge in [0.15, 0.2) is 0 Å². The Morgan fingerprint density at radius 2 is 2.16 bits per heavy atom. The number of carbonyl (C=O) groups excluding carboxylic acids is 1. The number of hydrogen-bond acceptors (Lipinski definition) is 4. The lowest BCUT2D eigenvalue weighted by atomic mass is 10.2. The third-order valence-corrected chi connectivity index (χ3v) is 2.68. The first-order valence-electron chi connectivity index (χ1n) is 6.09. The largest absolute Gasteiger partial charge is 0.384 e. The molecule has 0 aromatic carbocycles. The van der Waals surface area contributed by atoms with Crippen molar-refractivity contribution in [3.8, 4) is 0 Å². The average Bonchev–Trinajstić information content (AvgIpc) is 2.38. The fraction of sp³-hybridized carbons (Fsp3) is 0.214. The normalized spacial score (nSPS) is 10.2. The van der Waals surface area contributed by atoms with E-state index in [1.807, 2.05) is 26.0 Å². The molecule has 1 amide bonds. The molecule has 0 bridgehead atoms. The van der Waals surface area contributed by atoms with Crippen molar-refractivity contribution in [3.63, 3.8) is 0 Å². The summed E-state index contributed by atoms with van der Waals surface area (Å²) in [5.74, 6) is 0.641. The summed E-state index contributed by atoms with van der Waals surface area (Å²) < 4.78 is 0. The van der Waals surface area contributed by atoms with Crippen molar-refractivity contribution in [2.75, 3.05) is 11.1 Å². The number of nitrogens with one attached hydrogen (secondary N) is 1. The van der Waals surface area contributed by atoms with Gasteiger partial charge in [-0.1, -0.05) is 6.92 Å². The van der Waals surface area contributed by atoms with Crippen LogP contribution in [0.15, 0.2) is 30.5 Å². The molecule has 0 aliphatic rings. The van der Waals surface area contributed by atoms with Crippen molar-refractivity contribution in [2.24, 2.45) is 0 Å². The van der Waals surface area contributed by atoms with Gasteiger partial charge in [0.2, 0.25) is 0 Å². The van der Waals surface area contributed by atoms with Crippen LogP contribution in [0.5, 0.6) is 0 Å². The zero-order chi connectivity index (χ0) is 13.8. The van der Waals surface area contributed by atoms with E-state index in [4.69, 9.17) is 5.73 Å². The molecule has 0 saturated carbocycles. The van der Waals surface area contributed by atoms with E-state index in [-0.39, 0.29) is 5.91 Å². The zero-order valence-electron chi connectivity index (χ0n) is 11.0. The minimum atomic E-state index is -0.234. The molecule has 3 N–H and O–H groups in total. The number of hydrogen-bond donors (Lipinski definition) is 2. The second-order valence-corrected chi connectivity index (χ2v) is 4.30. The van der Waals surface area contributed by atoms with Gasteiger partial charge in [-0.3, -0.25) is 4.79 Å². The van der Waals surface area contributed by atoms with E-state index >= 15 is 0 Å². The molecule has 0 fully saturated rings. The Hall–Kier alpha value is -2.43. The Labute approximate surface area is 111 Å². The molecular weight excluding hydrogens is 240 g/mol. The number of pyridine rings is 2. The first kappa shape index (κ1) is 13.0. The number of nitrogens with zero attached hydrogens (tertiary/aromatic N) is 2. The Morgan fingerprint density at radius 3 is 2.84 bits per heavy atom. The van der Waals surface area contributed by atoms with Crippen LogP contribution >= 0.6 is 0 Å². The van der Waals surface area contributed by atoms with Gasteiger partial charge in [0, 0.05) is 17.5 Å². The summed E-state index contributed by atoms with van der Waals surface area (Å²) in [5.41, 5.74) is 8.01. The molecule has 0 unspecified atom stereocenters. The van der Waals surface area contributed by atoms with Crippen LogP contribution in [0.1, 0.15) is 28.5 Å². The number of amides is 1. The van der Waals surface area contributed by atoms with Gasteiger partial charge in [0.05, 0.1) is 0 Å². The van der Waals surface area contributed by atoms with Crippen LogP contribution < -0.4 is 11.1 Å². The quantitative estimate of drug-likeness (QED) is 0.882. The summed E-state index contributed by atoms with van der Waals surface area (Å²) in [6.07, 6.45) is 2.39. The Kier molecular flexibility index (Phi) is 3.75. The summed E-state index contributed by atoms with van der Waals surface area (Å²) in [4.78, 5) is 20.3. The molecule has 5 nitrogen and oxygen atoms in total. The first-order valence-corrected chi connectivity index (χ1v) is 6.09. The van der Waals surface area contributed by atoms with Crippen LogP contribution in [0, 0.1) is 6.92 Å². The minimum absolute atomic E-state index is 0.234. The van der Waals surface area contributed by atoms with Crippen molar-refractivity contribution in [2.45, 2.75) is 20.3 Å². The number of rotatable bonds is 3. The highest BCUT2D eigenvalue weighted by molar-refractivity contribution is 6.04. The van der Waals surface area contributed by atoms with Crippen LogP contribution in [-0.4, -0.2) is 15.9 Å². The van der Waals surface area contributed by atoms with E-state index in [0.717, 1.165) is 17.7 Å². The maximum Gasteiger partial charge on any atom is 0.257 e. The first-order chi connectivity index (χ1) is 9.08. The van der Waals surface area contributed by atoms with E-state index in [2.05, 4.69) is 15.3 Å². The monoisotopic (exact) mass is 256 g/mol. The fourth-order valence-electron chi connectivity index (χ4n) is 1.72. The number of nitrogens with two attached hydrogens (primary N) is 1. The Balaban J connectivity index is 2.22. The summed E-state index contributed by atoms with van der Waals surface area (Å²) >= 11 is 0. The van der Waals surface area contributed by atoms with Gasteiger partial charge >= 0.3 is 0 Å². The zero-order valence-corrected chi connectivity index (χ0v) is 11.0. The van der Waals surface area contributed by atoms with Gasteiger partial charge in [-0.2, -0.15) is 0 Å². The SMILES string of the molecule is CCc1cc(C(=O)Nc2cc(C)ccn2)cc(N)n1. The number of nitrogen functional groups attached to an aromatic ring is 1. The van der Waals surface area contributed by atoms with Crippen molar-refractivity contribution in [1.29, 1.82) is 0 Å². The molecule has 98 valence electrons. The Bertz CT molecular complexity index is 610. The maximum atomic E-state index is 12.1. The fourth-order valence-corrected chi connectivity index (χ4v) is 1.72. The maximum absolute atomic E-state index is 12.1. The molecule has 0 saturated heterocycles. The molecule has 2 aromatic heterocycles. The Morgan fingerprint density at radius 1 is 1.37 bits per heavy atom. The second-order valence-electron chi connectivity index (χ2n) is 4.30. The van der Waals surface area contributed by atoms with Gasteiger partial charge in [-0.15, -0.1) is 0 Å². The van der Waals surface area contributed by atoms with Crippen LogP contribution in [-0.2, 0) is 6.42 Å². The molecule has 0 aliphatic heterocycles. The molecule has 0 atom stereocenters. The van der Waals surface area contributed by atoms with E-state index in [0.29, 0.717) is 17.2 Å². The standard InChI is InChI=1S/C14H16N4O/c1-3-11-7-10(8-12(15)17-11)14(19)18-13-6-9(2)4-5-16-13/h4-8H,3H2,1-2H3,(H2,15,17)(H,16,18,19). The third kappa shape index (κ3) is 3.28. The number of aromatic nitrogens is 2. The highest BCUT2D eigenvalue weighted by Gasteiger charge is 2.09. The third-order valence-electron chi connectivity index (χ3n) is 2.68. The van der Waals surface area contributed by atoms with E-state index < -0.39 is 0 Å². The lowest BCUT2D eigenvalue weighted by Gasteiger charge is -2.07. The van der Waals surface area contributed by atoms with Gasteiger partial charge in [0.25, 0.3) is 5.91 Å². The topological polar surface area (TPSA) is 80.9 Å². The molecule has 2 heterocycles.